The SMILES string of the molecule is O=C(NC1CC=CC1)C(O)c1cc(Cl)cc(Cl)c1. The van der Waals surface area contributed by atoms with Gasteiger partial charge in [-0.3, -0.25) is 4.79 Å². The van der Waals surface area contributed by atoms with Crippen molar-refractivity contribution < 1.29 is 9.90 Å². The molecule has 18 heavy (non-hydrogen) atoms. The molecule has 3 nitrogen and oxygen atoms in total. The van der Waals surface area contributed by atoms with Crippen molar-refractivity contribution in [3.63, 3.8) is 0 Å². The van der Waals surface area contributed by atoms with Crippen molar-refractivity contribution in [1.82, 2.24) is 5.32 Å². The number of aliphatic hydroxyl groups excluding tert-OH is 1. The normalized spacial score (nSPS) is 16.8. The predicted molar refractivity (Wildman–Crippen MR) is 71.7 cm³/mol. The van der Waals surface area contributed by atoms with E-state index >= 15 is 0 Å². The first-order valence-corrected chi connectivity index (χ1v) is 6.41. The van der Waals surface area contributed by atoms with Crippen LogP contribution in [0.25, 0.3) is 0 Å². The maximum Gasteiger partial charge on any atom is 0.253 e. The third-order valence-electron chi connectivity index (χ3n) is 2.80. The molecular weight excluding hydrogens is 273 g/mol. The van der Waals surface area contributed by atoms with Gasteiger partial charge in [0.1, 0.15) is 0 Å². The molecule has 0 radical (unpaired) electrons. The Morgan fingerprint density at radius 1 is 1.22 bits per heavy atom. The summed E-state index contributed by atoms with van der Waals surface area (Å²) in [6.45, 7) is 0. The number of aliphatic hydroxyl groups is 1. The second-order valence-corrected chi connectivity index (χ2v) is 5.13. The van der Waals surface area contributed by atoms with E-state index in [1.807, 2.05) is 12.2 Å². The molecule has 1 aliphatic carbocycles. The zero-order valence-corrected chi connectivity index (χ0v) is 11.1. The minimum Gasteiger partial charge on any atom is -0.378 e. The Bertz CT molecular complexity index is 460. The van der Waals surface area contributed by atoms with Crippen molar-refractivity contribution in [1.29, 1.82) is 0 Å². The lowest BCUT2D eigenvalue weighted by Gasteiger charge is -2.16. The summed E-state index contributed by atoms with van der Waals surface area (Å²) >= 11 is 11.7. The van der Waals surface area contributed by atoms with Crippen LogP contribution in [-0.2, 0) is 4.79 Å². The molecule has 0 bridgehead atoms. The van der Waals surface area contributed by atoms with E-state index in [1.165, 1.54) is 12.1 Å². The summed E-state index contributed by atoms with van der Waals surface area (Å²) in [5, 5.41) is 13.5. The number of halogens is 2. The molecule has 1 aliphatic rings. The molecule has 0 saturated heterocycles. The van der Waals surface area contributed by atoms with Gasteiger partial charge in [0.2, 0.25) is 0 Å². The molecule has 1 aromatic rings. The van der Waals surface area contributed by atoms with E-state index in [0.29, 0.717) is 15.6 Å². The lowest BCUT2D eigenvalue weighted by molar-refractivity contribution is -0.130. The Morgan fingerprint density at radius 2 is 1.78 bits per heavy atom. The summed E-state index contributed by atoms with van der Waals surface area (Å²) in [7, 11) is 0. The van der Waals surface area contributed by atoms with E-state index in [2.05, 4.69) is 5.32 Å². The number of hydrogen-bond donors (Lipinski definition) is 2. The Balaban J connectivity index is 2.05. The predicted octanol–water partition coefficient (Wildman–Crippen LogP) is 2.86. The van der Waals surface area contributed by atoms with Crippen LogP contribution in [0.4, 0.5) is 0 Å². The van der Waals surface area contributed by atoms with Gasteiger partial charge in [0.25, 0.3) is 5.91 Å². The summed E-state index contributed by atoms with van der Waals surface area (Å²) in [6.07, 6.45) is 4.37. The lowest BCUT2D eigenvalue weighted by atomic mass is 10.1. The molecule has 0 aliphatic heterocycles. The van der Waals surface area contributed by atoms with Crippen LogP contribution < -0.4 is 5.32 Å². The molecule has 1 amide bonds. The third kappa shape index (κ3) is 3.25. The summed E-state index contributed by atoms with van der Waals surface area (Å²) in [5.74, 6) is -0.429. The van der Waals surface area contributed by atoms with Gasteiger partial charge >= 0.3 is 0 Å². The number of hydrogen-bond acceptors (Lipinski definition) is 2. The molecule has 0 spiro atoms. The maximum atomic E-state index is 11.8. The van der Waals surface area contributed by atoms with Gasteiger partial charge in [-0.2, -0.15) is 0 Å². The van der Waals surface area contributed by atoms with Gasteiger partial charge in [0, 0.05) is 16.1 Å². The summed E-state index contributed by atoms with van der Waals surface area (Å²) in [6, 6.07) is 4.69. The van der Waals surface area contributed by atoms with Crippen LogP contribution in [0.2, 0.25) is 10.0 Å². The van der Waals surface area contributed by atoms with Gasteiger partial charge in [-0.05, 0) is 36.6 Å². The molecule has 2 rings (SSSR count). The van der Waals surface area contributed by atoms with E-state index in [-0.39, 0.29) is 6.04 Å². The molecule has 0 saturated carbocycles. The zero-order chi connectivity index (χ0) is 13.1. The van der Waals surface area contributed by atoms with Crippen LogP contribution in [0.1, 0.15) is 24.5 Å². The van der Waals surface area contributed by atoms with Crippen LogP contribution in [0.5, 0.6) is 0 Å². The largest absolute Gasteiger partial charge is 0.378 e. The highest BCUT2D eigenvalue weighted by Crippen LogP contribution is 2.24. The average Bonchev–Trinajstić information content (AvgIpc) is 2.79. The number of amides is 1. The van der Waals surface area contributed by atoms with Crippen LogP contribution in [0, 0.1) is 0 Å². The van der Waals surface area contributed by atoms with Gasteiger partial charge in [-0.15, -0.1) is 0 Å². The molecule has 0 aromatic heterocycles. The van der Waals surface area contributed by atoms with Crippen LogP contribution >= 0.6 is 23.2 Å². The molecule has 0 heterocycles. The molecule has 5 heteroatoms. The fraction of sp³-hybridized carbons (Fsp3) is 0.308. The van der Waals surface area contributed by atoms with Crippen molar-refractivity contribution >= 4 is 29.1 Å². The number of carbonyl (C=O) groups is 1. The first-order valence-electron chi connectivity index (χ1n) is 5.65. The highest BCUT2D eigenvalue weighted by atomic mass is 35.5. The Kier molecular flexibility index (Phi) is 4.27. The number of nitrogens with one attached hydrogen (secondary N) is 1. The van der Waals surface area contributed by atoms with E-state index in [0.717, 1.165) is 12.8 Å². The lowest BCUT2D eigenvalue weighted by Crippen LogP contribution is -2.36. The molecule has 2 N–H and O–H groups in total. The molecule has 96 valence electrons. The minimum atomic E-state index is -1.25. The smallest absolute Gasteiger partial charge is 0.253 e. The molecular formula is C13H13Cl2NO2. The monoisotopic (exact) mass is 285 g/mol. The standard InChI is InChI=1S/C13H13Cl2NO2/c14-9-5-8(6-10(15)7-9)12(17)13(18)16-11-3-1-2-4-11/h1-2,5-7,11-12,17H,3-4H2,(H,16,18). The van der Waals surface area contributed by atoms with E-state index in [1.54, 1.807) is 6.07 Å². The Morgan fingerprint density at radius 3 is 2.33 bits per heavy atom. The second kappa shape index (κ2) is 5.74. The summed E-state index contributed by atoms with van der Waals surface area (Å²) < 4.78 is 0. The topological polar surface area (TPSA) is 49.3 Å². The number of rotatable bonds is 3. The van der Waals surface area contributed by atoms with Gasteiger partial charge in [-0.1, -0.05) is 35.4 Å². The highest BCUT2D eigenvalue weighted by Gasteiger charge is 2.21. The van der Waals surface area contributed by atoms with Crippen molar-refractivity contribution in [3.05, 3.63) is 46.0 Å². The molecule has 0 fully saturated rings. The minimum absolute atomic E-state index is 0.0711. The molecule has 1 aromatic carbocycles. The van der Waals surface area contributed by atoms with Crippen molar-refractivity contribution in [2.24, 2.45) is 0 Å². The van der Waals surface area contributed by atoms with Crippen LogP contribution in [0.15, 0.2) is 30.4 Å². The van der Waals surface area contributed by atoms with Gasteiger partial charge in [0.05, 0.1) is 0 Å². The van der Waals surface area contributed by atoms with E-state index in [4.69, 9.17) is 23.2 Å². The third-order valence-corrected chi connectivity index (χ3v) is 3.24. The van der Waals surface area contributed by atoms with Crippen LogP contribution in [-0.4, -0.2) is 17.1 Å². The first kappa shape index (κ1) is 13.4. The van der Waals surface area contributed by atoms with Crippen molar-refractivity contribution in [2.75, 3.05) is 0 Å². The molecule has 1 unspecified atom stereocenters. The fourth-order valence-corrected chi connectivity index (χ4v) is 2.44. The second-order valence-electron chi connectivity index (χ2n) is 4.25. The Hall–Kier alpha value is -1.03. The van der Waals surface area contributed by atoms with Gasteiger partial charge < -0.3 is 10.4 Å². The molecule has 1 atom stereocenters. The summed E-state index contributed by atoms with van der Waals surface area (Å²) in [5.41, 5.74) is 0.399. The zero-order valence-electron chi connectivity index (χ0n) is 9.57. The van der Waals surface area contributed by atoms with Crippen LogP contribution in [0.3, 0.4) is 0 Å². The Labute approximate surface area is 115 Å². The van der Waals surface area contributed by atoms with Crippen molar-refractivity contribution in [2.45, 2.75) is 25.0 Å². The quantitative estimate of drug-likeness (QED) is 0.839. The number of carbonyl (C=O) groups excluding carboxylic acids is 1. The van der Waals surface area contributed by atoms with Gasteiger partial charge in [-0.25, -0.2) is 0 Å². The summed E-state index contributed by atoms with van der Waals surface area (Å²) in [4.78, 5) is 11.8. The van der Waals surface area contributed by atoms with E-state index in [9.17, 15) is 9.90 Å². The number of benzene rings is 1. The fourth-order valence-electron chi connectivity index (χ4n) is 1.90. The highest BCUT2D eigenvalue weighted by molar-refractivity contribution is 6.34. The maximum absolute atomic E-state index is 11.8. The van der Waals surface area contributed by atoms with Crippen molar-refractivity contribution in [3.8, 4) is 0 Å². The van der Waals surface area contributed by atoms with Gasteiger partial charge in [0.15, 0.2) is 6.10 Å². The van der Waals surface area contributed by atoms with E-state index < -0.39 is 12.0 Å². The first-order chi connectivity index (χ1) is 8.56. The average molecular weight is 286 g/mol.